The van der Waals surface area contributed by atoms with Crippen molar-refractivity contribution in [3.63, 3.8) is 0 Å². The van der Waals surface area contributed by atoms with Crippen LogP contribution in [-0.2, 0) is 4.74 Å². The number of aromatic nitrogens is 2. The summed E-state index contributed by atoms with van der Waals surface area (Å²) in [5, 5.41) is 10.3. The van der Waals surface area contributed by atoms with Crippen molar-refractivity contribution < 1.29 is 14.6 Å². The number of likely N-dealkylation sites (tertiary alicyclic amines) is 1. The number of carbonyl (C=O) groups excluding carboxylic acids is 1. The van der Waals surface area contributed by atoms with E-state index >= 15 is 0 Å². The maximum Gasteiger partial charge on any atom is 0.256 e. The van der Waals surface area contributed by atoms with Gasteiger partial charge in [-0.3, -0.25) is 4.79 Å². The molecule has 1 spiro atoms. The Labute approximate surface area is 155 Å². The molecule has 1 N–H and O–H groups in total. The van der Waals surface area contributed by atoms with Crippen molar-refractivity contribution in [1.82, 2.24) is 14.9 Å². The number of rotatable bonds is 3. The highest BCUT2D eigenvalue weighted by atomic mass is 16.5. The molecule has 3 fully saturated rings. The highest BCUT2D eigenvalue weighted by Crippen LogP contribution is 2.40. The van der Waals surface area contributed by atoms with Gasteiger partial charge in [-0.1, -0.05) is 13.8 Å². The number of nitrogens with zero attached hydrogens (tertiary/aromatic N) is 3. The second kappa shape index (κ2) is 6.89. The van der Waals surface area contributed by atoms with Crippen LogP contribution >= 0.6 is 0 Å². The molecule has 6 nitrogen and oxygen atoms in total. The van der Waals surface area contributed by atoms with E-state index in [0.717, 1.165) is 31.5 Å². The van der Waals surface area contributed by atoms with Gasteiger partial charge in [0.2, 0.25) is 0 Å². The molecule has 1 aliphatic carbocycles. The molecule has 142 valence electrons. The van der Waals surface area contributed by atoms with Crippen molar-refractivity contribution in [2.45, 2.75) is 76.1 Å². The van der Waals surface area contributed by atoms with E-state index in [9.17, 15) is 9.90 Å². The first kappa shape index (κ1) is 17.9. The summed E-state index contributed by atoms with van der Waals surface area (Å²) in [6, 6.07) is 0. The number of carbonyl (C=O) groups is 1. The summed E-state index contributed by atoms with van der Waals surface area (Å²) in [5.74, 6) is 1.75. The van der Waals surface area contributed by atoms with Crippen molar-refractivity contribution in [3.05, 3.63) is 23.8 Å². The molecule has 6 heteroatoms. The number of amides is 1. The van der Waals surface area contributed by atoms with Gasteiger partial charge in [-0.25, -0.2) is 9.97 Å². The fourth-order valence-corrected chi connectivity index (χ4v) is 4.23. The van der Waals surface area contributed by atoms with E-state index in [-0.39, 0.29) is 23.7 Å². The van der Waals surface area contributed by atoms with Gasteiger partial charge >= 0.3 is 0 Å². The Morgan fingerprint density at radius 3 is 2.50 bits per heavy atom. The van der Waals surface area contributed by atoms with E-state index in [2.05, 4.69) is 23.8 Å². The molecule has 1 aromatic heterocycles. The third-order valence-electron chi connectivity index (χ3n) is 6.08. The third kappa shape index (κ3) is 3.62. The first-order valence-electron chi connectivity index (χ1n) is 9.93. The first-order chi connectivity index (χ1) is 12.5. The van der Waals surface area contributed by atoms with E-state index in [4.69, 9.17) is 4.74 Å². The molecule has 3 aliphatic rings. The van der Waals surface area contributed by atoms with Crippen molar-refractivity contribution in [2.24, 2.45) is 5.92 Å². The predicted octanol–water partition coefficient (Wildman–Crippen LogP) is 2.52. The van der Waals surface area contributed by atoms with Crippen LogP contribution < -0.4 is 0 Å². The standard InChI is InChI=1S/C20H29N3O3/c1-13(2)17-9-16(24)10-20(26-17)5-7-23(8-6-20)19(25)15-11-21-18(22-12-15)14-3-4-14/h11-14,16-17,24H,3-10H2,1-2H3/t16-,17-/m1/s1. The Bertz CT molecular complexity index is 649. The lowest BCUT2D eigenvalue weighted by atomic mass is 9.80. The Hall–Kier alpha value is -1.53. The summed E-state index contributed by atoms with van der Waals surface area (Å²) < 4.78 is 6.41. The number of aliphatic hydroxyl groups is 1. The largest absolute Gasteiger partial charge is 0.393 e. The van der Waals surface area contributed by atoms with Crippen LogP contribution in [0.4, 0.5) is 0 Å². The summed E-state index contributed by atoms with van der Waals surface area (Å²) in [7, 11) is 0. The fraction of sp³-hybridized carbons (Fsp3) is 0.750. The lowest BCUT2D eigenvalue weighted by Gasteiger charge is -2.48. The molecular formula is C20H29N3O3. The van der Waals surface area contributed by atoms with Crippen molar-refractivity contribution in [1.29, 1.82) is 0 Å². The van der Waals surface area contributed by atoms with Crippen LogP contribution in [0.15, 0.2) is 12.4 Å². The molecule has 1 amide bonds. The topological polar surface area (TPSA) is 75.5 Å². The maximum absolute atomic E-state index is 12.8. The monoisotopic (exact) mass is 359 g/mol. The van der Waals surface area contributed by atoms with Gasteiger partial charge in [0.1, 0.15) is 5.82 Å². The number of hydrogen-bond acceptors (Lipinski definition) is 5. The lowest BCUT2D eigenvalue weighted by molar-refractivity contribution is -0.190. The van der Waals surface area contributed by atoms with Crippen LogP contribution in [-0.4, -0.2) is 56.8 Å². The van der Waals surface area contributed by atoms with Crippen LogP contribution in [0.5, 0.6) is 0 Å². The highest BCUT2D eigenvalue weighted by molar-refractivity contribution is 5.93. The molecule has 0 unspecified atom stereocenters. The number of hydrogen-bond donors (Lipinski definition) is 1. The van der Waals surface area contributed by atoms with E-state index in [1.165, 1.54) is 0 Å². The Kier molecular flexibility index (Phi) is 4.73. The van der Waals surface area contributed by atoms with E-state index in [0.29, 0.717) is 43.3 Å². The summed E-state index contributed by atoms with van der Waals surface area (Å²) in [5.41, 5.74) is 0.283. The van der Waals surface area contributed by atoms with Gasteiger partial charge in [-0.05, 0) is 38.0 Å². The van der Waals surface area contributed by atoms with Gasteiger partial charge in [0.05, 0.1) is 23.4 Å². The van der Waals surface area contributed by atoms with Crippen LogP contribution in [0, 0.1) is 5.92 Å². The minimum Gasteiger partial charge on any atom is -0.393 e. The minimum absolute atomic E-state index is 0.000959. The molecule has 4 rings (SSSR count). The zero-order valence-corrected chi connectivity index (χ0v) is 15.7. The Morgan fingerprint density at radius 2 is 1.92 bits per heavy atom. The van der Waals surface area contributed by atoms with Gasteiger partial charge in [-0.15, -0.1) is 0 Å². The first-order valence-corrected chi connectivity index (χ1v) is 9.93. The molecule has 2 atom stereocenters. The van der Waals surface area contributed by atoms with Crippen LogP contribution in [0.25, 0.3) is 0 Å². The molecule has 3 heterocycles. The van der Waals surface area contributed by atoms with Crippen molar-refractivity contribution >= 4 is 5.91 Å². The average Bonchev–Trinajstić information content (AvgIpc) is 3.46. The molecule has 26 heavy (non-hydrogen) atoms. The van der Waals surface area contributed by atoms with Crippen LogP contribution in [0.1, 0.15) is 74.5 Å². The smallest absolute Gasteiger partial charge is 0.256 e. The molecule has 0 bridgehead atoms. The van der Waals surface area contributed by atoms with Gasteiger partial charge < -0.3 is 14.7 Å². The van der Waals surface area contributed by atoms with E-state index in [1.807, 2.05) is 4.90 Å². The third-order valence-corrected chi connectivity index (χ3v) is 6.08. The quantitative estimate of drug-likeness (QED) is 0.897. The van der Waals surface area contributed by atoms with E-state index in [1.54, 1.807) is 12.4 Å². The summed E-state index contributed by atoms with van der Waals surface area (Å²) >= 11 is 0. The molecule has 2 saturated heterocycles. The number of piperidine rings is 1. The molecular weight excluding hydrogens is 330 g/mol. The lowest BCUT2D eigenvalue weighted by Crippen LogP contribution is -2.54. The van der Waals surface area contributed by atoms with Gasteiger partial charge in [0.25, 0.3) is 5.91 Å². The molecule has 1 saturated carbocycles. The number of ether oxygens (including phenoxy) is 1. The van der Waals surface area contributed by atoms with E-state index < -0.39 is 0 Å². The molecule has 0 aromatic carbocycles. The molecule has 1 aromatic rings. The summed E-state index contributed by atoms with van der Waals surface area (Å²) in [6.07, 6.45) is 8.40. The predicted molar refractivity (Wildman–Crippen MR) is 96.8 cm³/mol. The Morgan fingerprint density at radius 1 is 1.27 bits per heavy atom. The summed E-state index contributed by atoms with van der Waals surface area (Å²) in [4.78, 5) is 23.4. The van der Waals surface area contributed by atoms with Crippen LogP contribution in [0.2, 0.25) is 0 Å². The van der Waals surface area contributed by atoms with Crippen molar-refractivity contribution in [3.8, 4) is 0 Å². The van der Waals surface area contributed by atoms with Crippen molar-refractivity contribution in [2.75, 3.05) is 13.1 Å². The SMILES string of the molecule is CC(C)[C@H]1C[C@@H](O)CC2(CCN(C(=O)c3cnc(C4CC4)nc3)CC2)O1. The minimum atomic E-state index is -0.304. The molecule has 2 aliphatic heterocycles. The van der Waals surface area contributed by atoms with Gasteiger partial charge in [0.15, 0.2) is 0 Å². The fourth-order valence-electron chi connectivity index (χ4n) is 4.23. The summed E-state index contributed by atoms with van der Waals surface area (Å²) in [6.45, 7) is 5.59. The second-order valence-corrected chi connectivity index (χ2v) is 8.57. The highest BCUT2D eigenvalue weighted by Gasteiger charge is 2.44. The van der Waals surface area contributed by atoms with Gasteiger partial charge in [0, 0.05) is 37.8 Å². The zero-order chi connectivity index (χ0) is 18.3. The zero-order valence-electron chi connectivity index (χ0n) is 15.7. The van der Waals surface area contributed by atoms with Crippen LogP contribution in [0.3, 0.4) is 0 Å². The van der Waals surface area contributed by atoms with Gasteiger partial charge in [-0.2, -0.15) is 0 Å². The normalized spacial score (nSPS) is 28.5. The average molecular weight is 359 g/mol. The second-order valence-electron chi connectivity index (χ2n) is 8.57. The number of aliphatic hydroxyl groups excluding tert-OH is 1. The maximum atomic E-state index is 12.8. The Balaban J connectivity index is 1.38. The molecule has 0 radical (unpaired) electrons.